The van der Waals surface area contributed by atoms with Gasteiger partial charge in [-0.3, -0.25) is 4.68 Å². The van der Waals surface area contributed by atoms with E-state index < -0.39 is 0 Å². The molecule has 1 aliphatic rings. The van der Waals surface area contributed by atoms with Crippen molar-refractivity contribution in [1.29, 1.82) is 0 Å². The first-order chi connectivity index (χ1) is 9.19. The Labute approximate surface area is 117 Å². The summed E-state index contributed by atoms with van der Waals surface area (Å²) in [6, 6.07) is 0.189. The standard InChI is InChI=1S/C14H20N4S/c1-4-15-13(10-8-18(3)17-9(10)2)14-16-11-6-5-7-12(11)19-14/h8,13,15H,4-7H2,1-3H3. The SMILES string of the molecule is CCNC(c1nc2c(s1)CCC2)c1cn(C)nc1C. The number of rotatable bonds is 4. The Morgan fingerprint density at radius 2 is 2.32 bits per heavy atom. The minimum absolute atomic E-state index is 0.189. The molecule has 0 bridgehead atoms. The monoisotopic (exact) mass is 276 g/mol. The van der Waals surface area contributed by atoms with Crippen molar-refractivity contribution in [1.82, 2.24) is 20.1 Å². The molecule has 0 radical (unpaired) electrons. The topological polar surface area (TPSA) is 42.7 Å². The maximum absolute atomic E-state index is 4.86. The van der Waals surface area contributed by atoms with Crippen LogP contribution in [0.25, 0.3) is 0 Å². The van der Waals surface area contributed by atoms with Gasteiger partial charge in [-0.25, -0.2) is 4.98 Å². The minimum Gasteiger partial charge on any atom is -0.304 e. The number of nitrogens with one attached hydrogen (secondary N) is 1. The Morgan fingerprint density at radius 3 is 2.95 bits per heavy atom. The quantitative estimate of drug-likeness (QED) is 0.932. The molecule has 0 saturated carbocycles. The van der Waals surface area contributed by atoms with E-state index >= 15 is 0 Å². The highest BCUT2D eigenvalue weighted by Crippen LogP contribution is 2.33. The van der Waals surface area contributed by atoms with Gasteiger partial charge in [0.2, 0.25) is 0 Å². The molecule has 0 aromatic carbocycles. The molecule has 2 heterocycles. The van der Waals surface area contributed by atoms with Crippen LogP contribution in [0.15, 0.2) is 6.20 Å². The van der Waals surface area contributed by atoms with Crippen LogP contribution in [0.3, 0.4) is 0 Å². The Kier molecular flexibility index (Phi) is 3.41. The summed E-state index contributed by atoms with van der Waals surface area (Å²) in [6.07, 6.45) is 5.73. The lowest BCUT2D eigenvalue weighted by molar-refractivity contribution is 0.622. The van der Waals surface area contributed by atoms with Gasteiger partial charge in [0, 0.05) is 23.7 Å². The summed E-state index contributed by atoms with van der Waals surface area (Å²) in [6.45, 7) is 5.14. The molecule has 1 N–H and O–H groups in total. The van der Waals surface area contributed by atoms with Crippen molar-refractivity contribution in [3.63, 3.8) is 0 Å². The van der Waals surface area contributed by atoms with Crippen LogP contribution in [0.2, 0.25) is 0 Å². The summed E-state index contributed by atoms with van der Waals surface area (Å²) in [5.41, 5.74) is 3.66. The van der Waals surface area contributed by atoms with Gasteiger partial charge in [-0.2, -0.15) is 5.10 Å². The van der Waals surface area contributed by atoms with Crippen LogP contribution in [-0.4, -0.2) is 21.3 Å². The van der Waals surface area contributed by atoms with Crippen molar-refractivity contribution >= 4 is 11.3 Å². The zero-order valence-electron chi connectivity index (χ0n) is 11.7. The summed E-state index contributed by atoms with van der Waals surface area (Å²) in [4.78, 5) is 6.34. The van der Waals surface area contributed by atoms with E-state index in [1.54, 1.807) is 0 Å². The lowest BCUT2D eigenvalue weighted by atomic mass is 10.1. The number of thiazole rings is 1. The van der Waals surface area contributed by atoms with Crippen LogP contribution in [0.1, 0.15) is 46.2 Å². The second-order valence-electron chi connectivity index (χ2n) is 5.11. The molecule has 4 nitrogen and oxygen atoms in total. The summed E-state index contributed by atoms with van der Waals surface area (Å²) in [5.74, 6) is 0. The van der Waals surface area contributed by atoms with Crippen LogP contribution in [0.4, 0.5) is 0 Å². The van der Waals surface area contributed by atoms with E-state index in [1.165, 1.54) is 34.0 Å². The predicted octanol–water partition coefficient (Wildman–Crippen LogP) is 2.37. The van der Waals surface area contributed by atoms with Crippen LogP contribution < -0.4 is 5.32 Å². The summed E-state index contributed by atoms with van der Waals surface area (Å²) in [5, 5.41) is 9.21. The highest BCUT2D eigenvalue weighted by atomic mass is 32.1. The van der Waals surface area contributed by atoms with E-state index in [9.17, 15) is 0 Å². The predicted molar refractivity (Wildman–Crippen MR) is 77.6 cm³/mol. The van der Waals surface area contributed by atoms with E-state index in [1.807, 2.05) is 23.1 Å². The molecule has 0 amide bonds. The zero-order valence-corrected chi connectivity index (χ0v) is 12.5. The van der Waals surface area contributed by atoms with Crippen LogP contribution >= 0.6 is 11.3 Å². The summed E-state index contributed by atoms with van der Waals surface area (Å²) in [7, 11) is 1.97. The van der Waals surface area contributed by atoms with Gasteiger partial charge in [0.1, 0.15) is 5.01 Å². The number of hydrogen-bond acceptors (Lipinski definition) is 4. The van der Waals surface area contributed by atoms with E-state index in [4.69, 9.17) is 4.98 Å². The van der Waals surface area contributed by atoms with E-state index in [0.717, 1.165) is 18.7 Å². The molecule has 2 aromatic heterocycles. The molecule has 3 rings (SSSR count). The van der Waals surface area contributed by atoms with Gasteiger partial charge in [-0.05, 0) is 32.7 Å². The second kappa shape index (κ2) is 5.06. The second-order valence-corrected chi connectivity index (χ2v) is 6.22. The zero-order chi connectivity index (χ0) is 13.4. The van der Waals surface area contributed by atoms with E-state index in [2.05, 4.69) is 30.5 Å². The average Bonchev–Trinajstić information content (AvgIpc) is 3.00. The van der Waals surface area contributed by atoms with Gasteiger partial charge in [-0.15, -0.1) is 11.3 Å². The fourth-order valence-electron chi connectivity index (χ4n) is 2.77. The van der Waals surface area contributed by atoms with Crippen molar-refractivity contribution in [2.45, 2.75) is 39.2 Å². The number of hydrogen-bond donors (Lipinski definition) is 1. The lowest BCUT2D eigenvalue weighted by Crippen LogP contribution is -2.22. The normalized spacial score (nSPS) is 15.7. The Bertz CT molecular complexity index is 563. The first-order valence-electron chi connectivity index (χ1n) is 6.91. The van der Waals surface area contributed by atoms with Crippen LogP contribution in [0.5, 0.6) is 0 Å². The molecular weight excluding hydrogens is 256 g/mol. The Balaban J connectivity index is 1.98. The van der Waals surface area contributed by atoms with Crippen molar-refractivity contribution in [2.24, 2.45) is 7.05 Å². The molecule has 0 saturated heterocycles. The van der Waals surface area contributed by atoms with Crippen molar-refractivity contribution in [2.75, 3.05) is 6.54 Å². The maximum atomic E-state index is 4.86. The largest absolute Gasteiger partial charge is 0.304 e. The Morgan fingerprint density at radius 1 is 1.47 bits per heavy atom. The van der Waals surface area contributed by atoms with Crippen molar-refractivity contribution in [3.8, 4) is 0 Å². The molecule has 1 aliphatic carbocycles. The van der Waals surface area contributed by atoms with Crippen molar-refractivity contribution in [3.05, 3.63) is 33.0 Å². The summed E-state index contributed by atoms with van der Waals surface area (Å²) >= 11 is 1.87. The first-order valence-corrected chi connectivity index (χ1v) is 7.72. The third-order valence-electron chi connectivity index (χ3n) is 3.63. The maximum Gasteiger partial charge on any atom is 0.115 e. The summed E-state index contributed by atoms with van der Waals surface area (Å²) < 4.78 is 1.89. The fraction of sp³-hybridized carbons (Fsp3) is 0.571. The first kappa shape index (κ1) is 12.8. The van der Waals surface area contributed by atoms with Gasteiger partial charge in [-0.1, -0.05) is 6.92 Å². The highest BCUT2D eigenvalue weighted by molar-refractivity contribution is 7.11. The van der Waals surface area contributed by atoms with Gasteiger partial charge in [0.05, 0.1) is 17.4 Å². The smallest absolute Gasteiger partial charge is 0.115 e. The number of fused-ring (bicyclic) bond motifs is 1. The van der Waals surface area contributed by atoms with Crippen LogP contribution in [0, 0.1) is 6.92 Å². The average molecular weight is 276 g/mol. The van der Waals surface area contributed by atoms with Gasteiger partial charge in [0.25, 0.3) is 0 Å². The molecule has 19 heavy (non-hydrogen) atoms. The molecule has 1 atom stereocenters. The molecule has 102 valence electrons. The highest BCUT2D eigenvalue weighted by Gasteiger charge is 2.24. The van der Waals surface area contributed by atoms with Gasteiger partial charge >= 0.3 is 0 Å². The van der Waals surface area contributed by atoms with Crippen molar-refractivity contribution < 1.29 is 0 Å². The Hall–Kier alpha value is -1.20. The molecule has 5 heteroatoms. The third kappa shape index (κ3) is 2.32. The third-order valence-corrected chi connectivity index (χ3v) is 4.85. The fourth-order valence-corrected chi connectivity index (χ4v) is 4.02. The number of nitrogens with zero attached hydrogens (tertiary/aromatic N) is 3. The molecule has 0 aliphatic heterocycles. The van der Waals surface area contributed by atoms with Gasteiger partial charge < -0.3 is 5.32 Å². The molecule has 0 spiro atoms. The van der Waals surface area contributed by atoms with E-state index in [-0.39, 0.29) is 6.04 Å². The molecule has 1 unspecified atom stereocenters. The number of aryl methyl sites for hydroxylation is 4. The van der Waals surface area contributed by atoms with Crippen LogP contribution in [-0.2, 0) is 19.9 Å². The van der Waals surface area contributed by atoms with Gasteiger partial charge in [0.15, 0.2) is 0 Å². The lowest BCUT2D eigenvalue weighted by Gasteiger charge is -2.14. The van der Waals surface area contributed by atoms with E-state index in [0.29, 0.717) is 0 Å². The molecule has 0 fully saturated rings. The molecular formula is C14H20N4S. The number of aromatic nitrogens is 3. The molecule has 2 aromatic rings. The minimum atomic E-state index is 0.189.